The molecular weight excluding hydrogens is 168 g/mol. The molecule has 0 aliphatic rings. The van der Waals surface area contributed by atoms with Crippen LogP contribution in [0.15, 0.2) is 12.7 Å². The van der Waals surface area contributed by atoms with Crippen LogP contribution in [0.25, 0.3) is 0 Å². The summed E-state index contributed by atoms with van der Waals surface area (Å²) in [5.74, 6) is -0.563. The van der Waals surface area contributed by atoms with Crippen LogP contribution in [0.2, 0.25) is 0 Å². The molecule has 0 fully saturated rings. The van der Waals surface area contributed by atoms with Gasteiger partial charge in [-0.25, -0.2) is 4.79 Å². The number of rotatable bonds is 7. The first-order chi connectivity index (χ1) is 6.20. The van der Waals surface area contributed by atoms with Crippen LogP contribution in [0, 0.1) is 0 Å². The van der Waals surface area contributed by atoms with Crippen LogP contribution in [0.1, 0.15) is 32.6 Å². The van der Waals surface area contributed by atoms with Gasteiger partial charge in [-0.2, -0.15) is 0 Å². The van der Waals surface area contributed by atoms with Crippen LogP contribution in [0.4, 0.5) is 0 Å². The summed E-state index contributed by atoms with van der Waals surface area (Å²) in [7, 11) is 0. The van der Waals surface area contributed by atoms with Gasteiger partial charge in [0.1, 0.15) is 6.61 Å². The van der Waals surface area contributed by atoms with Gasteiger partial charge in [0.25, 0.3) is 0 Å². The predicted octanol–water partition coefficient (Wildman–Crippen LogP) is 1.86. The second-order valence-corrected chi connectivity index (χ2v) is 2.81. The van der Waals surface area contributed by atoms with Crippen LogP contribution in [-0.4, -0.2) is 18.4 Å². The summed E-state index contributed by atoms with van der Waals surface area (Å²) in [6.07, 6.45) is 4.55. The molecular formula is C10H16O3. The Morgan fingerprint density at radius 3 is 2.62 bits per heavy atom. The molecule has 0 aliphatic carbocycles. The summed E-state index contributed by atoms with van der Waals surface area (Å²) in [6.45, 7) is 5.18. The second-order valence-electron chi connectivity index (χ2n) is 2.81. The minimum Gasteiger partial charge on any atom is -0.455 e. The van der Waals surface area contributed by atoms with Gasteiger partial charge in [0.05, 0.1) is 0 Å². The van der Waals surface area contributed by atoms with Crippen molar-refractivity contribution in [2.24, 2.45) is 0 Å². The van der Waals surface area contributed by atoms with Crippen molar-refractivity contribution < 1.29 is 14.3 Å². The SMILES string of the molecule is C=CC(=O)OCC(=O)CCCCC. The summed E-state index contributed by atoms with van der Waals surface area (Å²) in [5.41, 5.74) is 0. The average molecular weight is 184 g/mol. The number of ether oxygens (including phenoxy) is 1. The van der Waals surface area contributed by atoms with Crippen LogP contribution < -0.4 is 0 Å². The fourth-order valence-corrected chi connectivity index (χ4v) is 0.855. The van der Waals surface area contributed by atoms with Gasteiger partial charge >= 0.3 is 5.97 Å². The fourth-order valence-electron chi connectivity index (χ4n) is 0.855. The topological polar surface area (TPSA) is 43.4 Å². The third kappa shape index (κ3) is 7.25. The maximum absolute atomic E-state index is 11.0. The second kappa shape index (κ2) is 7.53. The molecule has 0 bridgehead atoms. The van der Waals surface area contributed by atoms with Crippen LogP contribution in [-0.2, 0) is 14.3 Å². The van der Waals surface area contributed by atoms with E-state index in [1.54, 1.807) is 0 Å². The highest BCUT2D eigenvalue weighted by atomic mass is 16.5. The van der Waals surface area contributed by atoms with Gasteiger partial charge in [-0.05, 0) is 6.42 Å². The van der Waals surface area contributed by atoms with Gasteiger partial charge in [0, 0.05) is 12.5 Å². The summed E-state index contributed by atoms with van der Waals surface area (Å²) in [5, 5.41) is 0. The monoisotopic (exact) mass is 184 g/mol. The quantitative estimate of drug-likeness (QED) is 0.344. The van der Waals surface area contributed by atoms with Crippen molar-refractivity contribution in [3.8, 4) is 0 Å². The molecule has 0 atom stereocenters. The standard InChI is InChI=1S/C10H16O3/c1-3-5-6-7-9(11)8-13-10(12)4-2/h4H,2-3,5-8H2,1H3. The highest BCUT2D eigenvalue weighted by Gasteiger charge is 2.03. The Morgan fingerprint density at radius 1 is 1.38 bits per heavy atom. The van der Waals surface area contributed by atoms with Gasteiger partial charge in [-0.15, -0.1) is 0 Å². The predicted molar refractivity (Wildman–Crippen MR) is 50.3 cm³/mol. The highest BCUT2D eigenvalue weighted by Crippen LogP contribution is 1.99. The van der Waals surface area contributed by atoms with E-state index >= 15 is 0 Å². The van der Waals surface area contributed by atoms with Crippen molar-refractivity contribution >= 4 is 11.8 Å². The Labute approximate surface area is 78.8 Å². The number of esters is 1. The van der Waals surface area contributed by atoms with E-state index in [9.17, 15) is 9.59 Å². The molecule has 3 nitrogen and oxygen atoms in total. The van der Waals surface area contributed by atoms with Crippen molar-refractivity contribution in [3.05, 3.63) is 12.7 Å². The normalized spacial score (nSPS) is 9.31. The van der Waals surface area contributed by atoms with Crippen molar-refractivity contribution in [2.75, 3.05) is 6.61 Å². The van der Waals surface area contributed by atoms with Crippen LogP contribution >= 0.6 is 0 Å². The number of ketones is 1. The summed E-state index contributed by atoms with van der Waals surface area (Å²) in [4.78, 5) is 21.6. The largest absolute Gasteiger partial charge is 0.455 e. The number of Topliss-reactive ketones (excluding diaryl/α,β-unsaturated/α-hetero) is 1. The first-order valence-electron chi connectivity index (χ1n) is 4.51. The number of unbranched alkanes of at least 4 members (excludes halogenated alkanes) is 2. The molecule has 0 radical (unpaired) electrons. The third-order valence-corrected chi connectivity index (χ3v) is 1.60. The lowest BCUT2D eigenvalue weighted by atomic mass is 10.1. The van der Waals surface area contributed by atoms with E-state index in [1.165, 1.54) is 0 Å². The van der Waals surface area contributed by atoms with E-state index in [2.05, 4.69) is 18.2 Å². The molecule has 0 amide bonds. The zero-order valence-corrected chi connectivity index (χ0v) is 8.04. The Kier molecular flexibility index (Phi) is 6.88. The lowest BCUT2D eigenvalue weighted by Crippen LogP contribution is -2.11. The Balaban J connectivity index is 3.40. The van der Waals surface area contributed by atoms with E-state index in [0.29, 0.717) is 6.42 Å². The van der Waals surface area contributed by atoms with E-state index < -0.39 is 5.97 Å². The molecule has 74 valence electrons. The molecule has 0 N–H and O–H groups in total. The summed E-state index contributed by atoms with van der Waals surface area (Å²) >= 11 is 0. The molecule has 0 aromatic carbocycles. The average Bonchev–Trinajstić information content (AvgIpc) is 2.14. The number of hydrogen-bond donors (Lipinski definition) is 0. The van der Waals surface area contributed by atoms with E-state index in [1.807, 2.05) is 0 Å². The number of carbonyl (C=O) groups excluding carboxylic acids is 2. The van der Waals surface area contributed by atoms with E-state index in [0.717, 1.165) is 25.3 Å². The number of hydrogen-bond acceptors (Lipinski definition) is 3. The van der Waals surface area contributed by atoms with Gasteiger partial charge in [-0.1, -0.05) is 26.3 Å². The van der Waals surface area contributed by atoms with E-state index in [4.69, 9.17) is 0 Å². The lowest BCUT2D eigenvalue weighted by molar-refractivity contribution is -0.143. The molecule has 0 heterocycles. The highest BCUT2D eigenvalue weighted by molar-refractivity contribution is 5.86. The maximum atomic E-state index is 11.0. The Morgan fingerprint density at radius 2 is 2.08 bits per heavy atom. The van der Waals surface area contributed by atoms with Crippen molar-refractivity contribution in [2.45, 2.75) is 32.6 Å². The Bertz CT molecular complexity index is 185. The van der Waals surface area contributed by atoms with Crippen molar-refractivity contribution in [3.63, 3.8) is 0 Å². The molecule has 13 heavy (non-hydrogen) atoms. The molecule has 0 aromatic rings. The van der Waals surface area contributed by atoms with Crippen molar-refractivity contribution in [1.82, 2.24) is 0 Å². The minimum absolute atomic E-state index is 0.0244. The lowest BCUT2D eigenvalue weighted by Gasteiger charge is -2.00. The molecule has 3 heteroatoms. The van der Waals surface area contributed by atoms with Gasteiger partial charge < -0.3 is 4.74 Å². The van der Waals surface area contributed by atoms with Gasteiger partial charge in [0.15, 0.2) is 5.78 Å². The van der Waals surface area contributed by atoms with Crippen LogP contribution in [0.5, 0.6) is 0 Å². The van der Waals surface area contributed by atoms with Gasteiger partial charge in [0.2, 0.25) is 0 Å². The van der Waals surface area contributed by atoms with Crippen molar-refractivity contribution in [1.29, 1.82) is 0 Å². The van der Waals surface area contributed by atoms with Gasteiger partial charge in [-0.3, -0.25) is 4.79 Å². The zero-order valence-electron chi connectivity index (χ0n) is 8.04. The first-order valence-corrected chi connectivity index (χ1v) is 4.51. The smallest absolute Gasteiger partial charge is 0.330 e. The molecule has 0 aromatic heterocycles. The summed E-state index contributed by atoms with van der Waals surface area (Å²) < 4.78 is 4.58. The number of carbonyl (C=O) groups is 2. The first kappa shape index (κ1) is 11.9. The third-order valence-electron chi connectivity index (χ3n) is 1.60. The molecule has 0 spiro atoms. The molecule has 0 aliphatic heterocycles. The molecule has 0 rings (SSSR count). The Hall–Kier alpha value is -1.12. The summed E-state index contributed by atoms with van der Waals surface area (Å²) in [6, 6.07) is 0. The zero-order chi connectivity index (χ0) is 10.1. The maximum Gasteiger partial charge on any atom is 0.330 e. The molecule has 0 unspecified atom stereocenters. The van der Waals surface area contributed by atoms with E-state index in [-0.39, 0.29) is 12.4 Å². The molecule has 0 saturated carbocycles. The molecule has 0 saturated heterocycles. The fraction of sp³-hybridized carbons (Fsp3) is 0.600. The minimum atomic E-state index is -0.538. The van der Waals surface area contributed by atoms with Crippen LogP contribution in [0.3, 0.4) is 0 Å².